The molecule has 2 aromatic rings. The van der Waals surface area contributed by atoms with Crippen LogP contribution in [0.15, 0.2) is 60.7 Å². The zero-order valence-corrected chi connectivity index (χ0v) is 16.5. The molecule has 3 aliphatic rings. The number of rotatable bonds is 4. The zero-order chi connectivity index (χ0) is 18.9. The van der Waals surface area contributed by atoms with Crippen LogP contribution in [0.3, 0.4) is 0 Å². The Kier molecular flexibility index (Phi) is 4.94. The second kappa shape index (κ2) is 7.71. The van der Waals surface area contributed by atoms with Crippen LogP contribution in [0.25, 0.3) is 0 Å². The summed E-state index contributed by atoms with van der Waals surface area (Å²) in [7, 11) is 0. The molecule has 3 fully saturated rings. The van der Waals surface area contributed by atoms with Crippen molar-refractivity contribution < 1.29 is 4.79 Å². The van der Waals surface area contributed by atoms with E-state index < -0.39 is 0 Å². The summed E-state index contributed by atoms with van der Waals surface area (Å²) in [5, 5.41) is 0. The monoisotopic (exact) mass is 374 g/mol. The molecule has 0 unspecified atom stereocenters. The van der Waals surface area contributed by atoms with Crippen molar-refractivity contribution in [3.05, 3.63) is 71.8 Å². The van der Waals surface area contributed by atoms with E-state index in [1.807, 2.05) is 36.4 Å². The minimum absolute atomic E-state index is 0.198. The van der Waals surface area contributed by atoms with Gasteiger partial charge in [0, 0.05) is 32.2 Å². The summed E-state index contributed by atoms with van der Waals surface area (Å²) >= 11 is 0. The predicted octanol–water partition coefficient (Wildman–Crippen LogP) is 4.15. The first-order valence-electron chi connectivity index (χ1n) is 10.9. The van der Waals surface area contributed by atoms with E-state index in [0.29, 0.717) is 0 Å². The molecule has 2 bridgehead atoms. The molecule has 5 rings (SSSR count). The van der Waals surface area contributed by atoms with Crippen molar-refractivity contribution in [1.29, 1.82) is 0 Å². The Labute approximate surface area is 168 Å². The Morgan fingerprint density at radius 2 is 1.39 bits per heavy atom. The molecule has 0 aromatic heterocycles. The van der Waals surface area contributed by atoms with Crippen LogP contribution in [0, 0.1) is 11.8 Å². The average molecular weight is 375 g/mol. The van der Waals surface area contributed by atoms with Crippen LogP contribution in [-0.2, 0) is 4.79 Å². The van der Waals surface area contributed by atoms with Crippen molar-refractivity contribution in [2.24, 2.45) is 11.8 Å². The molecule has 3 atom stereocenters. The maximum atomic E-state index is 13.6. The molecular weight excluding hydrogens is 344 g/mol. The van der Waals surface area contributed by atoms with E-state index >= 15 is 0 Å². The summed E-state index contributed by atoms with van der Waals surface area (Å²) in [4.78, 5) is 18.4. The normalized spacial score (nSPS) is 27.5. The number of hydrogen-bond donors (Lipinski definition) is 0. The van der Waals surface area contributed by atoms with Crippen molar-refractivity contribution in [3.63, 3.8) is 0 Å². The van der Waals surface area contributed by atoms with Gasteiger partial charge in [-0.2, -0.15) is 0 Å². The molecule has 146 valence electrons. The number of piperazine rings is 1. The van der Waals surface area contributed by atoms with Gasteiger partial charge in [-0.3, -0.25) is 9.69 Å². The third-order valence-electron chi connectivity index (χ3n) is 7.31. The number of benzene rings is 2. The Bertz CT molecular complexity index is 758. The fourth-order valence-corrected chi connectivity index (χ4v) is 5.88. The number of amides is 1. The minimum Gasteiger partial charge on any atom is -0.339 e. The maximum Gasteiger partial charge on any atom is 0.234 e. The summed E-state index contributed by atoms with van der Waals surface area (Å²) in [5.41, 5.74) is 2.18. The van der Waals surface area contributed by atoms with E-state index in [9.17, 15) is 4.79 Å². The molecule has 1 heterocycles. The molecule has 0 radical (unpaired) electrons. The van der Waals surface area contributed by atoms with Crippen LogP contribution in [0.1, 0.15) is 42.7 Å². The largest absolute Gasteiger partial charge is 0.339 e. The highest BCUT2D eigenvalue weighted by Gasteiger charge is 2.43. The van der Waals surface area contributed by atoms with Crippen molar-refractivity contribution in [3.8, 4) is 0 Å². The average Bonchev–Trinajstić information content (AvgIpc) is 3.39. The topological polar surface area (TPSA) is 23.6 Å². The third kappa shape index (κ3) is 3.37. The standard InChI is InChI=1S/C25H30N2O/c28-25(24(20-7-3-1-4-8-20)21-9-5-2-6-10-21)27-15-13-26(14-16-27)23-18-19-11-12-22(23)17-19/h1-10,19,22-24H,11-18H2/t19-,22+,23+/m1/s1. The minimum atomic E-state index is -0.198. The number of carbonyl (C=O) groups excluding carboxylic acids is 1. The summed E-state index contributed by atoms with van der Waals surface area (Å²) in [6.45, 7) is 3.80. The van der Waals surface area contributed by atoms with Gasteiger partial charge >= 0.3 is 0 Å². The predicted molar refractivity (Wildman–Crippen MR) is 112 cm³/mol. The van der Waals surface area contributed by atoms with Gasteiger partial charge in [0.05, 0.1) is 5.92 Å². The summed E-state index contributed by atoms with van der Waals surface area (Å²) in [5.74, 6) is 1.96. The lowest BCUT2D eigenvalue weighted by Crippen LogP contribution is -2.54. The van der Waals surface area contributed by atoms with Crippen LogP contribution in [0.5, 0.6) is 0 Å². The molecule has 3 nitrogen and oxygen atoms in total. The first-order valence-corrected chi connectivity index (χ1v) is 10.9. The van der Waals surface area contributed by atoms with Crippen molar-refractivity contribution in [1.82, 2.24) is 9.80 Å². The molecule has 0 N–H and O–H groups in total. The molecule has 1 aliphatic heterocycles. The number of fused-ring (bicyclic) bond motifs is 2. The van der Waals surface area contributed by atoms with Gasteiger partial charge < -0.3 is 4.90 Å². The number of carbonyl (C=O) groups is 1. The number of nitrogens with zero attached hydrogens (tertiary/aromatic N) is 2. The van der Waals surface area contributed by atoms with Gasteiger partial charge in [-0.05, 0) is 42.2 Å². The van der Waals surface area contributed by atoms with Gasteiger partial charge in [0.15, 0.2) is 0 Å². The van der Waals surface area contributed by atoms with Crippen molar-refractivity contribution >= 4 is 5.91 Å². The second-order valence-electron chi connectivity index (χ2n) is 8.86. The smallest absolute Gasteiger partial charge is 0.234 e. The van der Waals surface area contributed by atoms with Crippen LogP contribution in [0.4, 0.5) is 0 Å². The van der Waals surface area contributed by atoms with Crippen LogP contribution in [-0.4, -0.2) is 47.9 Å². The highest BCUT2D eigenvalue weighted by molar-refractivity contribution is 5.87. The van der Waals surface area contributed by atoms with Gasteiger partial charge in [0.25, 0.3) is 0 Å². The molecule has 3 heteroatoms. The van der Waals surface area contributed by atoms with Crippen LogP contribution in [0.2, 0.25) is 0 Å². The SMILES string of the molecule is O=C(C(c1ccccc1)c1ccccc1)N1CCN([C@H]2C[C@@H]3CC[C@H]2C3)CC1. The third-order valence-corrected chi connectivity index (χ3v) is 7.31. The molecule has 2 saturated carbocycles. The van der Waals surface area contributed by atoms with E-state index in [1.165, 1.54) is 25.7 Å². The highest BCUT2D eigenvalue weighted by atomic mass is 16.2. The van der Waals surface area contributed by atoms with Gasteiger partial charge in [-0.15, -0.1) is 0 Å². The molecule has 28 heavy (non-hydrogen) atoms. The molecular formula is C25H30N2O. The molecule has 1 saturated heterocycles. The molecule has 1 amide bonds. The van der Waals surface area contributed by atoms with E-state index in [2.05, 4.69) is 34.1 Å². The Morgan fingerprint density at radius 3 is 1.89 bits per heavy atom. The van der Waals surface area contributed by atoms with Crippen molar-refractivity contribution in [2.75, 3.05) is 26.2 Å². The Balaban J connectivity index is 1.30. The second-order valence-corrected chi connectivity index (χ2v) is 8.86. The lowest BCUT2D eigenvalue weighted by molar-refractivity contribution is -0.134. The van der Waals surface area contributed by atoms with E-state index in [0.717, 1.165) is 55.2 Å². The van der Waals surface area contributed by atoms with E-state index in [1.54, 1.807) is 0 Å². The molecule has 2 aliphatic carbocycles. The van der Waals surface area contributed by atoms with Crippen LogP contribution >= 0.6 is 0 Å². The summed E-state index contributed by atoms with van der Waals surface area (Å²) in [6, 6.07) is 21.3. The van der Waals surface area contributed by atoms with Gasteiger partial charge in [0.1, 0.15) is 0 Å². The van der Waals surface area contributed by atoms with Gasteiger partial charge in [-0.25, -0.2) is 0 Å². The maximum absolute atomic E-state index is 13.6. The fraction of sp³-hybridized carbons (Fsp3) is 0.480. The fourth-order valence-electron chi connectivity index (χ4n) is 5.88. The Morgan fingerprint density at radius 1 is 0.786 bits per heavy atom. The Hall–Kier alpha value is -2.13. The van der Waals surface area contributed by atoms with E-state index in [-0.39, 0.29) is 11.8 Å². The quantitative estimate of drug-likeness (QED) is 0.803. The summed E-state index contributed by atoms with van der Waals surface area (Å²) < 4.78 is 0. The van der Waals surface area contributed by atoms with Gasteiger partial charge in [0.2, 0.25) is 5.91 Å². The lowest BCUT2D eigenvalue weighted by Gasteiger charge is -2.41. The van der Waals surface area contributed by atoms with Crippen LogP contribution < -0.4 is 0 Å². The first kappa shape index (κ1) is 17.9. The van der Waals surface area contributed by atoms with E-state index in [4.69, 9.17) is 0 Å². The lowest BCUT2D eigenvalue weighted by atomic mass is 9.89. The molecule has 2 aromatic carbocycles. The molecule has 0 spiro atoms. The zero-order valence-electron chi connectivity index (χ0n) is 16.5. The van der Waals surface area contributed by atoms with Gasteiger partial charge in [-0.1, -0.05) is 67.1 Å². The summed E-state index contributed by atoms with van der Waals surface area (Å²) in [6.07, 6.45) is 5.73. The number of hydrogen-bond acceptors (Lipinski definition) is 2. The highest BCUT2D eigenvalue weighted by Crippen LogP contribution is 2.46. The van der Waals surface area contributed by atoms with Crippen molar-refractivity contribution in [2.45, 2.75) is 37.6 Å². The first-order chi connectivity index (χ1) is 13.8.